The van der Waals surface area contributed by atoms with Crippen LogP contribution in [-0.4, -0.2) is 22.0 Å². The average molecular weight is 376 g/mol. The van der Waals surface area contributed by atoms with Gasteiger partial charge in [0.25, 0.3) is 5.91 Å². The van der Waals surface area contributed by atoms with E-state index in [1.807, 2.05) is 0 Å². The Bertz CT molecular complexity index is 839. The summed E-state index contributed by atoms with van der Waals surface area (Å²) in [5.41, 5.74) is 5.41. The zero-order valence-corrected chi connectivity index (χ0v) is 14.4. The van der Waals surface area contributed by atoms with Crippen molar-refractivity contribution in [1.29, 1.82) is 0 Å². The molecule has 0 aromatic heterocycles. The summed E-state index contributed by atoms with van der Waals surface area (Å²) >= 11 is 10.9. The molecule has 8 heteroatoms. The summed E-state index contributed by atoms with van der Waals surface area (Å²) in [7, 11) is 0. The zero-order valence-electron chi connectivity index (χ0n) is 12.8. The van der Waals surface area contributed by atoms with E-state index in [0.717, 1.165) is 0 Å². The van der Waals surface area contributed by atoms with E-state index < -0.39 is 11.8 Å². The fraction of sp³-hybridized carbons (Fsp3) is 0. The Morgan fingerprint density at radius 1 is 1.04 bits per heavy atom. The maximum atomic E-state index is 11.9. The number of phenols is 1. The van der Waals surface area contributed by atoms with Gasteiger partial charge < -0.3 is 5.11 Å². The molecule has 6 nitrogen and oxygen atoms in total. The Balaban J connectivity index is 1.84. The Kier molecular flexibility index (Phi) is 6.50. The van der Waals surface area contributed by atoms with Gasteiger partial charge in [0.1, 0.15) is 5.75 Å². The van der Waals surface area contributed by atoms with Gasteiger partial charge in [-0.1, -0.05) is 41.9 Å². The first kappa shape index (κ1) is 18.4. The van der Waals surface area contributed by atoms with Crippen LogP contribution in [0.25, 0.3) is 6.08 Å². The highest BCUT2D eigenvalue weighted by Gasteiger charge is 2.10. The number of phenolic OH excluding ortho intramolecular Hbond substituents is 1. The lowest BCUT2D eigenvalue weighted by atomic mass is 10.2. The molecule has 0 bridgehead atoms. The summed E-state index contributed by atoms with van der Waals surface area (Å²) in [6, 6.07) is 13.1. The van der Waals surface area contributed by atoms with Gasteiger partial charge in [0.2, 0.25) is 5.91 Å². The van der Waals surface area contributed by atoms with Crippen LogP contribution in [0.2, 0.25) is 5.02 Å². The highest BCUT2D eigenvalue weighted by atomic mass is 35.5. The Hall–Kier alpha value is -2.90. The van der Waals surface area contributed by atoms with Crippen molar-refractivity contribution in [3.05, 3.63) is 70.8 Å². The van der Waals surface area contributed by atoms with Crippen LogP contribution in [0, 0.1) is 0 Å². The molecule has 0 saturated heterocycles. The van der Waals surface area contributed by atoms with E-state index in [1.165, 1.54) is 18.2 Å². The molecule has 0 atom stereocenters. The van der Waals surface area contributed by atoms with Crippen LogP contribution in [0.15, 0.2) is 54.6 Å². The molecule has 4 N–H and O–H groups in total. The molecule has 0 fully saturated rings. The normalized spacial score (nSPS) is 10.3. The molecule has 0 aliphatic carbocycles. The third-order valence-corrected chi connectivity index (χ3v) is 3.54. The molecule has 0 aliphatic heterocycles. The van der Waals surface area contributed by atoms with E-state index in [2.05, 4.69) is 16.2 Å². The van der Waals surface area contributed by atoms with E-state index in [9.17, 15) is 14.7 Å². The number of hydrazine groups is 1. The summed E-state index contributed by atoms with van der Waals surface area (Å²) in [5.74, 6) is -1.25. The summed E-state index contributed by atoms with van der Waals surface area (Å²) in [5, 5.41) is 12.4. The van der Waals surface area contributed by atoms with Crippen molar-refractivity contribution < 1.29 is 14.7 Å². The van der Waals surface area contributed by atoms with Crippen molar-refractivity contribution in [3.63, 3.8) is 0 Å². The van der Waals surface area contributed by atoms with Gasteiger partial charge >= 0.3 is 0 Å². The van der Waals surface area contributed by atoms with Crippen molar-refractivity contribution in [2.75, 3.05) is 0 Å². The molecule has 2 aromatic carbocycles. The van der Waals surface area contributed by atoms with Crippen LogP contribution in [0.5, 0.6) is 5.75 Å². The highest BCUT2D eigenvalue weighted by Crippen LogP contribution is 2.16. The van der Waals surface area contributed by atoms with Gasteiger partial charge in [0, 0.05) is 11.1 Å². The van der Waals surface area contributed by atoms with Gasteiger partial charge in [-0.15, -0.1) is 0 Å². The molecule has 2 rings (SSSR count). The van der Waals surface area contributed by atoms with Gasteiger partial charge in [-0.3, -0.25) is 25.8 Å². The molecule has 128 valence electrons. The number of amides is 2. The molecular formula is C17H14ClN3O3S. The summed E-state index contributed by atoms with van der Waals surface area (Å²) in [6.07, 6.45) is 2.81. The predicted molar refractivity (Wildman–Crippen MR) is 99.9 cm³/mol. The van der Waals surface area contributed by atoms with E-state index in [1.54, 1.807) is 42.5 Å². The third kappa shape index (κ3) is 5.59. The number of carbonyl (C=O) groups is 2. The quantitative estimate of drug-likeness (QED) is 0.376. The largest absolute Gasteiger partial charge is 0.507 e. The second-order valence-electron chi connectivity index (χ2n) is 4.77. The number of benzene rings is 2. The van der Waals surface area contributed by atoms with E-state index >= 15 is 0 Å². The lowest BCUT2D eigenvalue weighted by molar-refractivity contribution is -0.115. The van der Waals surface area contributed by atoms with Crippen molar-refractivity contribution >= 4 is 46.8 Å². The van der Waals surface area contributed by atoms with Crippen LogP contribution >= 0.6 is 23.8 Å². The fourth-order valence-electron chi connectivity index (χ4n) is 1.81. The minimum Gasteiger partial charge on any atom is -0.507 e. The van der Waals surface area contributed by atoms with Crippen LogP contribution in [0.3, 0.4) is 0 Å². The van der Waals surface area contributed by atoms with Crippen molar-refractivity contribution in [2.45, 2.75) is 0 Å². The number of rotatable bonds is 3. The van der Waals surface area contributed by atoms with Crippen LogP contribution in [-0.2, 0) is 4.79 Å². The maximum Gasteiger partial charge on any atom is 0.273 e. The van der Waals surface area contributed by atoms with Crippen molar-refractivity contribution in [2.24, 2.45) is 0 Å². The first-order valence-corrected chi connectivity index (χ1v) is 7.88. The molecule has 0 radical (unpaired) electrons. The molecule has 0 saturated carbocycles. The van der Waals surface area contributed by atoms with Gasteiger partial charge in [0.15, 0.2) is 5.11 Å². The second kappa shape index (κ2) is 8.81. The van der Waals surface area contributed by atoms with Crippen LogP contribution in [0.1, 0.15) is 15.9 Å². The molecule has 0 spiro atoms. The lowest BCUT2D eigenvalue weighted by Gasteiger charge is -2.10. The number of thiocarbonyl (C=S) groups is 1. The minimum atomic E-state index is -0.596. The Morgan fingerprint density at radius 2 is 1.72 bits per heavy atom. The number of nitrogens with one attached hydrogen (secondary N) is 3. The van der Waals surface area contributed by atoms with Gasteiger partial charge in [-0.2, -0.15) is 0 Å². The molecule has 0 heterocycles. The van der Waals surface area contributed by atoms with E-state index in [0.29, 0.717) is 10.6 Å². The van der Waals surface area contributed by atoms with Gasteiger partial charge in [-0.05, 0) is 42.1 Å². The van der Waals surface area contributed by atoms with E-state index in [4.69, 9.17) is 23.8 Å². The molecule has 2 aromatic rings. The fourth-order valence-corrected chi connectivity index (χ4v) is 2.16. The summed E-state index contributed by atoms with van der Waals surface area (Å²) in [4.78, 5) is 23.7. The van der Waals surface area contributed by atoms with Gasteiger partial charge in [-0.25, -0.2) is 0 Å². The third-order valence-electron chi connectivity index (χ3n) is 2.99. The zero-order chi connectivity index (χ0) is 18.2. The smallest absolute Gasteiger partial charge is 0.273 e. The lowest BCUT2D eigenvalue weighted by Crippen LogP contribution is -2.48. The topological polar surface area (TPSA) is 90.5 Å². The number of aromatic hydroxyl groups is 1. The minimum absolute atomic E-state index is 0.0720. The summed E-state index contributed by atoms with van der Waals surface area (Å²) < 4.78 is 0. The van der Waals surface area contributed by atoms with E-state index in [-0.39, 0.29) is 16.4 Å². The van der Waals surface area contributed by atoms with Crippen molar-refractivity contribution in [1.82, 2.24) is 16.2 Å². The molecule has 0 aliphatic rings. The predicted octanol–water partition coefficient (Wildman–Crippen LogP) is 2.39. The number of carbonyl (C=O) groups excluding carboxylic acids is 2. The average Bonchev–Trinajstić information content (AvgIpc) is 2.59. The van der Waals surface area contributed by atoms with Crippen molar-refractivity contribution in [3.8, 4) is 5.75 Å². The highest BCUT2D eigenvalue weighted by molar-refractivity contribution is 7.80. The maximum absolute atomic E-state index is 11.9. The molecule has 25 heavy (non-hydrogen) atoms. The standard InChI is InChI=1S/C17H14ClN3O3S/c18-13-7-3-1-5-11(13)9-10-15(23)19-17(25)21-20-16(24)12-6-2-4-8-14(12)22/h1-10,22H,(H,20,24)(H2,19,21,23,25)/b10-9+. The second-order valence-corrected chi connectivity index (χ2v) is 5.58. The number of halogens is 1. The molecule has 2 amide bonds. The molecule has 0 unspecified atom stereocenters. The number of hydrogen-bond donors (Lipinski definition) is 4. The monoisotopic (exact) mass is 375 g/mol. The Morgan fingerprint density at radius 3 is 2.44 bits per heavy atom. The van der Waals surface area contributed by atoms with Crippen LogP contribution in [0.4, 0.5) is 0 Å². The summed E-state index contributed by atoms with van der Waals surface area (Å²) in [6.45, 7) is 0. The first-order valence-electron chi connectivity index (χ1n) is 7.09. The number of hydrogen-bond acceptors (Lipinski definition) is 4. The SMILES string of the molecule is O=C(/C=C/c1ccccc1Cl)NC(=S)NNC(=O)c1ccccc1O. The van der Waals surface area contributed by atoms with Crippen LogP contribution < -0.4 is 16.2 Å². The number of para-hydroxylation sites is 1. The Labute approximate surface area is 154 Å². The first-order chi connectivity index (χ1) is 12.0. The molecular weight excluding hydrogens is 362 g/mol. The van der Waals surface area contributed by atoms with Gasteiger partial charge in [0.05, 0.1) is 5.56 Å².